The molecule has 0 radical (unpaired) electrons. The molecule has 1 saturated heterocycles. The first-order chi connectivity index (χ1) is 5.48. The summed E-state index contributed by atoms with van der Waals surface area (Å²) >= 11 is 0. The second-order valence-electron chi connectivity index (χ2n) is 3.27. The molecule has 1 rings (SSSR count). The molecule has 1 aliphatic rings. The average molecular weight is 172 g/mol. The standard InChI is InChI=1S/C8H12O4/c1-4-5-11-6(9)8(2,3)7(10)12-5/h5H,4H2,1-3H3. The highest BCUT2D eigenvalue weighted by atomic mass is 16.7. The highest BCUT2D eigenvalue weighted by Gasteiger charge is 2.45. The van der Waals surface area contributed by atoms with E-state index in [1.54, 1.807) is 6.92 Å². The zero-order valence-corrected chi connectivity index (χ0v) is 7.42. The van der Waals surface area contributed by atoms with Crippen molar-refractivity contribution in [1.82, 2.24) is 0 Å². The molecule has 0 saturated carbocycles. The summed E-state index contributed by atoms with van der Waals surface area (Å²) in [4.78, 5) is 22.3. The third kappa shape index (κ3) is 1.29. The van der Waals surface area contributed by atoms with Crippen LogP contribution in [0.5, 0.6) is 0 Å². The molecule has 0 amide bonds. The Morgan fingerprint density at radius 2 is 1.67 bits per heavy atom. The van der Waals surface area contributed by atoms with Gasteiger partial charge in [-0.3, -0.25) is 9.59 Å². The summed E-state index contributed by atoms with van der Waals surface area (Å²) in [5, 5.41) is 0. The Balaban J connectivity index is 2.78. The van der Waals surface area contributed by atoms with E-state index in [0.29, 0.717) is 6.42 Å². The van der Waals surface area contributed by atoms with Crippen molar-refractivity contribution in [1.29, 1.82) is 0 Å². The second-order valence-corrected chi connectivity index (χ2v) is 3.27. The highest BCUT2D eigenvalue weighted by Crippen LogP contribution is 2.26. The fraction of sp³-hybridized carbons (Fsp3) is 0.750. The Bertz CT molecular complexity index is 199. The molecule has 0 bridgehead atoms. The van der Waals surface area contributed by atoms with Gasteiger partial charge in [0.2, 0.25) is 6.29 Å². The van der Waals surface area contributed by atoms with E-state index >= 15 is 0 Å². The van der Waals surface area contributed by atoms with E-state index in [4.69, 9.17) is 9.47 Å². The number of carbonyl (C=O) groups is 2. The molecule has 0 spiro atoms. The van der Waals surface area contributed by atoms with Crippen LogP contribution in [-0.2, 0) is 19.1 Å². The Kier molecular flexibility index (Phi) is 2.08. The maximum atomic E-state index is 11.2. The van der Waals surface area contributed by atoms with Gasteiger partial charge in [-0.2, -0.15) is 0 Å². The molecule has 0 aliphatic carbocycles. The zero-order chi connectivity index (χ0) is 9.35. The topological polar surface area (TPSA) is 52.6 Å². The molecule has 1 aliphatic heterocycles. The molecule has 0 aromatic rings. The van der Waals surface area contributed by atoms with Crippen LogP contribution in [-0.4, -0.2) is 18.2 Å². The molecule has 0 aromatic heterocycles. The van der Waals surface area contributed by atoms with E-state index in [1.807, 2.05) is 0 Å². The highest BCUT2D eigenvalue weighted by molar-refractivity contribution is 6.00. The fourth-order valence-corrected chi connectivity index (χ4v) is 0.807. The maximum absolute atomic E-state index is 11.2. The Labute approximate surface area is 70.8 Å². The lowest BCUT2D eigenvalue weighted by Gasteiger charge is -2.30. The lowest BCUT2D eigenvalue weighted by atomic mass is 9.93. The van der Waals surface area contributed by atoms with Crippen molar-refractivity contribution < 1.29 is 19.1 Å². The van der Waals surface area contributed by atoms with Crippen LogP contribution in [0, 0.1) is 5.41 Å². The lowest BCUT2D eigenvalue weighted by molar-refractivity contribution is -0.220. The van der Waals surface area contributed by atoms with Crippen molar-refractivity contribution >= 4 is 11.9 Å². The number of cyclic esters (lactones) is 2. The number of esters is 2. The van der Waals surface area contributed by atoms with Gasteiger partial charge >= 0.3 is 11.9 Å². The van der Waals surface area contributed by atoms with Crippen molar-refractivity contribution in [2.24, 2.45) is 5.41 Å². The largest absolute Gasteiger partial charge is 0.424 e. The normalized spacial score (nSPS) is 23.2. The summed E-state index contributed by atoms with van der Waals surface area (Å²) in [6, 6.07) is 0. The molecule has 0 atom stereocenters. The summed E-state index contributed by atoms with van der Waals surface area (Å²) in [6.07, 6.45) is -0.203. The van der Waals surface area contributed by atoms with E-state index in [-0.39, 0.29) is 0 Å². The molecule has 4 nitrogen and oxygen atoms in total. The predicted octanol–water partition coefficient (Wildman–Crippen LogP) is 0.849. The molecular weight excluding hydrogens is 160 g/mol. The first-order valence-electron chi connectivity index (χ1n) is 3.90. The second kappa shape index (κ2) is 2.77. The zero-order valence-electron chi connectivity index (χ0n) is 7.42. The van der Waals surface area contributed by atoms with Gasteiger partial charge in [0, 0.05) is 6.42 Å². The molecule has 1 heterocycles. The van der Waals surface area contributed by atoms with Crippen LogP contribution in [0.15, 0.2) is 0 Å². The Morgan fingerprint density at radius 1 is 1.25 bits per heavy atom. The summed E-state index contributed by atoms with van der Waals surface area (Å²) in [7, 11) is 0. The van der Waals surface area contributed by atoms with Gasteiger partial charge in [-0.25, -0.2) is 0 Å². The van der Waals surface area contributed by atoms with Crippen molar-refractivity contribution in [2.75, 3.05) is 0 Å². The number of rotatable bonds is 1. The molecule has 0 N–H and O–H groups in total. The quantitative estimate of drug-likeness (QED) is 0.434. The average Bonchev–Trinajstić information content (AvgIpc) is 2.00. The minimum Gasteiger partial charge on any atom is -0.424 e. The van der Waals surface area contributed by atoms with E-state index in [9.17, 15) is 9.59 Å². The fourth-order valence-electron chi connectivity index (χ4n) is 0.807. The number of hydrogen-bond donors (Lipinski definition) is 0. The van der Waals surface area contributed by atoms with Crippen LogP contribution in [0.1, 0.15) is 27.2 Å². The summed E-state index contributed by atoms with van der Waals surface area (Å²) in [5.41, 5.74) is -1.15. The molecule has 68 valence electrons. The van der Waals surface area contributed by atoms with Crippen molar-refractivity contribution in [2.45, 2.75) is 33.5 Å². The van der Waals surface area contributed by atoms with Gasteiger partial charge in [-0.05, 0) is 13.8 Å². The van der Waals surface area contributed by atoms with Gasteiger partial charge in [-0.15, -0.1) is 0 Å². The molecule has 4 heteroatoms. The van der Waals surface area contributed by atoms with Gasteiger partial charge in [0.05, 0.1) is 0 Å². The van der Waals surface area contributed by atoms with E-state index in [0.717, 1.165) is 0 Å². The monoisotopic (exact) mass is 172 g/mol. The SMILES string of the molecule is CCC1OC(=O)C(C)(C)C(=O)O1. The first-order valence-corrected chi connectivity index (χ1v) is 3.90. The molecule has 0 unspecified atom stereocenters. The molecule has 0 aromatic carbocycles. The van der Waals surface area contributed by atoms with Crippen LogP contribution in [0.4, 0.5) is 0 Å². The van der Waals surface area contributed by atoms with Crippen LogP contribution in [0.25, 0.3) is 0 Å². The third-order valence-electron chi connectivity index (χ3n) is 1.83. The van der Waals surface area contributed by atoms with Crippen LogP contribution in [0.3, 0.4) is 0 Å². The smallest absolute Gasteiger partial charge is 0.325 e. The third-order valence-corrected chi connectivity index (χ3v) is 1.83. The van der Waals surface area contributed by atoms with Gasteiger partial charge < -0.3 is 9.47 Å². The number of hydrogen-bond acceptors (Lipinski definition) is 4. The number of carbonyl (C=O) groups excluding carboxylic acids is 2. The van der Waals surface area contributed by atoms with Crippen LogP contribution in [0.2, 0.25) is 0 Å². The molecule has 1 fully saturated rings. The first kappa shape index (κ1) is 9.03. The van der Waals surface area contributed by atoms with Crippen LogP contribution >= 0.6 is 0 Å². The number of ether oxygens (including phenoxy) is 2. The van der Waals surface area contributed by atoms with Crippen molar-refractivity contribution in [3.8, 4) is 0 Å². The molecule has 12 heavy (non-hydrogen) atoms. The minimum atomic E-state index is -1.15. The molecular formula is C8H12O4. The predicted molar refractivity (Wildman–Crippen MR) is 40.0 cm³/mol. The van der Waals surface area contributed by atoms with E-state index in [2.05, 4.69) is 0 Å². The minimum absolute atomic E-state index is 0.494. The lowest BCUT2D eigenvalue weighted by Crippen LogP contribution is -2.46. The van der Waals surface area contributed by atoms with Gasteiger partial charge in [0.25, 0.3) is 0 Å². The van der Waals surface area contributed by atoms with E-state index < -0.39 is 23.6 Å². The van der Waals surface area contributed by atoms with Crippen LogP contribution < -0.4 is 0 Å². The summed E-state index contributed by atoms with van der Waals surface area (Å²) in [6.45, 7) is 4.76. The summed E-state index contributed by atoms with van der Waals surface area (Å²) < 4.78 is 9.68. The van der Waals surface area contributed by atoms with Gasteiger partial charge in [0.1, 0.15) is 0 Å². The van der Waals surface area contributed by atoms with Gasteiger partial charge in [0.15, 0.2) is 5.41 Å². The Morgan fingerprint density at radius 3 is 2.00 bits per heavy atom. The Hall–Kier alpha value is -1.06. The maximum Gasteiger partial charge on any atom is 0.325 e. The van der Waals surface area contributed by atoms with Crippen molar-refractivity contribution in [3.63, 3.8) is 0 Å². The summed E-state index contributed by atoms with van der Waals surface area (Å²) in [5.74, 6) is -1.02. The van der Waals surface area contributed by atoms with Gasteiger partial charge in [-0.1, -0.05) is 6.92 Å². The van der Waals surface area contributed by atoms with E-state index in [1.165, 1.54) is 13.8 Å². The van der Waals surface area contributed by atoms with Crippen molar-refractivity contribution in [3.05, 3.63) is 0 Å².